The van der Waals surface area contributed by atoms with Crippen molar-refractivity contribution in [2.24, 2.45) is 0 Å². The molecule has 0 aliphatic heterocycles. The van der Waals surface area contributed by atoms with Crippen molar-refractivity contribution < 1.29 is 65.7 Å². The van der Waals surface area contributed by atoms with E-state index in [0.29, 0.717) is 12.1 Å². The molecule has 0 amide bonds. The van der Waals surface area contributed by atoms with Crippen LogP contribution in [0.2, 0.25) is 0 Å². The van der Waals surface area contributed by atoms with E-state index in [1.54, 1.807) is 0 Å². The Morgan fingerprint density at radius 1 is 1.29 bits per heavy atom. The average molecular weight is 245 g/mol. The smallest absolute Gasteiger partial charge is 0.872 e. The SMILES string of the molecule is Nc1cc(S(=O)(=O)O)cc([O-])c1C(=O)[O-].[Li+].[Li+]. The normalized spacial score (nSPS) is 9.94. The molecule has 0 atom stereocenters. The Morgan fingerprint density at radius 2 is 1.76 bits per heavy atom. The van der Waals surface area contributed by atoms with Crippen molar-refractivity contribution in [1.82, 2.24) is 0 Å². The summed E-state index contributed by atoms with van der Waals surface area (Å²) in [4.78, 5) is 9.65. The molecule has 0 saturated heterocycles. The Labute approximate surface area is 121 Å². The standard InChI is InChI=1S/C7H7NO6S.2Li/c8-4-1-3(15(12,13)14)2-5(9)6(4)7(10)11;;/h1-2,9H,8H2,(H,10,11)(H,12,13,14);;/q;2*+1/p-2. The molecule has 10 heteroatoms. The molecule has 0 fully saturated rings. The summed E-state index contributed by atoms with van der Waals surface area (Å²) in [5, 5.41) is 21.5. The van der Waals surface area contributed by atoms with E-state index < -0.39 is 38.0 Å². The fourth-order valence-electron chi connectivity index (χ4n) is 0.978. The predicted octanol–water partition coefficient (Wildman–Crippen LogP) is -8.04. The first-order valence-corrected chi connectivity index (χ1v) is 4.97. The van der Waals surface area contributed by atoms with Gasteiger partial charge >= 0.3 is 37.7 Å². The summed E-state index contributed by atoms with van der Waals surface area (Å²) in [6.45, 7) is 0. The zero-order valence-corrected chi connectivity index (χ0v) is 9.95. The zero-order chi connectivity index (χ0) is 11.8. The second-order valence-corrected chi connectivity index (χ2v) is 4.07. The Morgan fingerprint density at radius 3 is 2.06 bits per heavy atom. The first kappa shape index (κ1) is 18.8. The van der Waals surface area contributed by atoms with Crippen molar-refractivity contribution in [2.45, 2.75) is 4.90 Å². The quantitative estimate of drug-likeness (QED) is 0.299. The van der Waals surface area contributed by atoms with Crippen LogP contribution in [0.25, 0.3) is 0 Å². The summed E-state index contributed by atoms with van der Waals surface area (Å²) in [7, 11) is -4.58. The molecule has 3 N–H and O–H groups in total. The van der Waals surface area contributed by atoms with Crippen LogP contribution in [0.3, 0.4) is 0 Å². The molecule has 0 heterocycles. The Hall–Kier alpha value is -0.605. The number of hydrogen-bond donors (Lipinski definition) is 2. The van der Waals surface area contributed by atoms with Gasteiger partial charge in [0, 0.05) is 11.3 Å². The van der Waals surface area contributed by atoms with Gasteiger partial charge < -0.3 is 20.7 Å². The van der Waals surface area contributed by atoms with E-state index in [2.05, 4.69) is 0 Å². The number of anilines is 1. The molecular weight excluding hydrogens is 240 g/mol. The number of carbonyl (C=O) groups excluding carboxylic acids is 1. The van der Waals surface area contributed by atoms with Crippen LogP contribution in [0.5, 0.6) is 5.75 Å². The molecule has 1 aromatic rings. The van der Waals surface area contributed by atoms with E-state index in [1.807, 2.05) is 0 Å². The van der Waals surface area contributed by atoms with Crippen molar-refractivity contribution in [1.29, 1.82) is 0 Å². The third-order valence-corrected chi connectivity index (χ3v) is 2.44. The van der Waals surface area contributed by atoms with Crippen LogP contribution < -0.4 is 53.7 Å². The van der Waals surface area contributed by atoms with Crippen molar-refractivity contribution in [3.05, 3.63) is 17.7 Å². The molecule has 0 aromatic heterocycles. The van der Waals surface area contributed by atoms with E-state index in [1.165, 1.54) is 0 Å². The Kier molecular flexibility index (Phi) is 7.02. The first-order valence-electron chi connectivity index (χ1n) is 3.53. The number of carboxylic acid groups (broad SMARTS) is 1. The fraction of sp³-hybridized carbons (Fsp3) is 0. The number of nitrogens with two attached hydrogens (primary N) is 1. The molecule has 0 radical (unpaired) electrons. The predicted molar refractivity (Wildman–Crippen MR) is 44.4 cm³/mol. The first-order chi connectivity index (χ1) is 6.73. The van der Waals surface area contributed by atoms with E-state index in [4.69, 9.17) is 10.3 Å². The Balaban J connectivity index is 0. The zero-order valence-electron chi connectivity index (χ0n) is 9.13. The van der Waals surface area contributed by atoms with Crippen molar-refractivity contribution in [2.75, 3.05) is 5.73 Å². The topological polar surface area (TPSA) is 144 Å². The second-order valence-electron chi connectivity index (χ2n) is 2.65. The fourth-order valence-corrected chi connectivity index (χ4v) is 1.51. The maximum absolute atomic E-state index is 11.1. The largest absolute Gasteiger partial charge is 1.00 e. The van der Waals surface area contributed by atoms with Crippen LogP contribution in [0.1, 0.15) is 10.4 Å². The molecule has 17 heavy (non-hydrogen) atoms. The van der Waals surface area contributed by atoms with Gasteiger partial charge in [-0.3, -0.25) is 4.55 Å². The van der Waals surface area contributed by atoms with Gasteiger partial charge in [0.15, 0.2) is 0 Å². The molecular formula is C7H5Li2NO6S. The molecule has 0 aliphatic rings. The molecule has 82 valence electrons. The van der Waals surface area contributed by atoms with E-state index in [-0.39, 0.29) is 37.7 Å². The number of nitrogen functional groups attached to an aromatic ring is 1. The van der Waals surface area contributed by atoms with Crippen LogP contribution in [-0.2, 0) is 10.1 Å². The summed E-state index contributed by atoms with van der Waals surface area (Å²) in [5.41, 5.74) is 3.72. The molecule has 1 aromatic carbocycles. The Bertz CT molecular complexity index is 506. The maximum Gasteiger partial charge on any atom is 1.00 e. The molecule has 1 rings (SSSR count). The summed E-state index contributed by atoms with van der Waals surface area (Å²) in [6.07, 6.45) is 0. The number of hydrogen-bond acceptors (Lipinski definition) is 6. The second kappa shape index (κ2) is 6.36. The monoisotopic (exact) mass is 245 g/mol. The van der Waals surface area contributed by atoms with Crippen LogP contribution >= 0.6 is 0 Å². The minimum absolute atomic E-state index is 0. The third-order valence-electron chi connectivity index (χ3n) is 1.61. The summed E-state index contributed by atoms with van der Waals surface area (Å²) in [6, 6.07) is 1.12. The van der Waals surface area contributed by atoms with Gasteiger partial charge in [0.2, 0.25) is 0 Å². The summed E-state index contributed by atoms with van der Waals surface area (Å²) >= 11 is 0. The number of aromatic carboxylic acids is 1. The van der Waals surface area contributed by atoms with Gasteiger partial charge in [-0.2, -0.15) is 8.42 Å². The van der Waals surface area contributed by atoms with Gasteiger partial charge in [-0.05, 0) is 12.1 Å². The van der Waals surface area contributed by atoms with E-state index >= 15 is 0 Å². The van der Waals surface area contributed by atoms with Crippen molar-refractivity contribution in [3.63, 3.8) is 0 Å². The summed E-state index contributed by atoms with van der Waals surface area (Å²) < 4.78 is 29.8. The van der Waals surface area contributed by atoms with Gasteiger partial charge in [-0.25, -0.2) is 0 Å². The number of benzene rings is 1. The van der Waals surface area contributed by atoms with Crippen molar-refractivity contribution >= 4 is 21.8 Å². The van der Waals surface area contributed by atoms with Crippen LogP contribution in [0.4, 0.5) is 5.69 Å². The molecule has 7 nitrogen and oxygen atoms in total. The number of rotatable bonds is 2. The number of carbonyl (C=O) groups is 1. The number of carboxylic acids is 1. The molecule has 0 saturated carbocycles. The van der Waals surface area contributed by atoms with Gasteiger partial charge in [0.25, 0.3) is 10.1 Å². The molecule has 0 aliphatic carbocycles. The average Bonchev–Trinajstić information content (AvgIpc) is 1.99. The van der Waals surface area contributed by atoms with E-state index in [9.17, 15) is 23.4 Å². The minimum Gasteiger partial charge on any atom is -0.872 e. The third kappa shape index (κ3) is 4.28. The minimum atomic E-state index is -4.58. The van der Waals surface area contributed by atoms with Crippen LogP contribution in [0, 0.1) is 0 Å². The van der Waals surface area contributed by atoms with Crippen molar-refractivity contribution in [3.8, 4) is 5.75 Å². The van der Waals surface area contributed by atoms with Gasteiger partial charge in [-0.1, -0.05) is 5.75 Å². The summed E-state index contributed by atoms with van der Waals surface area (Å²) in [5.74, 6) is -2.94. The van der Waals surface area contributed by atoms with E-state index in [0.717, 1.165) is 0 Å². The molecule has 0 spiro atoms. The molecule has 0 unspecified atom stereocenters. The van der Waals surface area contributed by atoms with Gasteiger partial charge in [0.05, 0.1) is 10.9 Å². The van der Waals surface area contributed by atoms with Gasteiger partial charge in [-0.15, -0.1) is 0 Å². The molecule has 0 bridgehead atoms. The van der Waals surface area contributed by atoms with Crippen LogP contribution in [0.15, 0.2) is 17.0 Å². The van der Waals surface area contributed by atoms with Crippen LogP contribution in [-0.4, -0.2) is 18.9 Å². The van der Waals surface area contributed by atoms with Gasteiger partial charge in [0.1, 0.15) is 0 Å². The maximum atomic E-state index is 11.1.